The van der Waals surface area contributed by atoms with Gasteiger partial charge in [0, 0.05) is 12.3 Å². The van der Waals surface area contributed by atoms with Gasteiger partial charge in [-0.05, 0) is 24.1 Å². The molecule has 1 aromatic carbocycles. The van der Waals surface area contributed by atoms with Gasteiger partial charge in [-0.25, -0.2) is 9.78 Å². The summed E-state index contributed by atoms with van der Waals surface area (Å²) in [5.74, 6) is -1.06. The van der Waals surface area contributed by atoms with E-state index in [2.05, 4.69) is 4.98 Å². The molecule has 22 heavy (non-hydrogen) atoms. The second-order valence-corrected chi connectivity index (χ2v) is 5.77. The summed E-state index contributed by atoms with van der Waals surface area (Å²) >= 11 is 0.977. The van der Waals surface area contributed by atoms with Crippen molar-refractivity contribution in [2.24, 2.45) is 0 Å². The first-order valence-corrected chi connectivity index (χ1v) is 7.36. The van der Waals surface area contributed by atoms with Crippen molar-refractivity contribution in [2.45, 2.75) is 6.92 Å². The van der Waals surface area contributed by atoms with Crippen LogP contribution in [0, 0.1) is 6.92 Å². The molecule has 3 aromatic rings. The van der Waals surface area contributed by atoms with Gasteiger partial charge in [0.05, 0.1) is 5.69 Å². The van der Waals surface area contributed by atoms with Crippen LogP contribution in [0.5, 0.6) is 0 Å². The van der Waals surface area contributed by atoms with E-state index in [-0.39, 0.29) is 10.4 Å². The number of benzene rings is 1. The van der Waals surface area contributed by atoms with Crippen LogP contribution in [0.4, 0.5) is 0 Å². The Morgan fingerprint density at radius 2 is 2.09 bits per heavy atom. The second-order valence-electron chi connectivity index (χ2n) is 4.76. The molecule has 0 saturated carbocycles. The van der Waals surface area contributed by atoms with Gasteiger partial charge in [-0.1, -0.05) is 41.7 Å². The number of carboxylic acid groups (broad SMARTS) is 1. The summed E-state index contributed by atoms with van der Waals surface area (Å²) in [6, 6.07) is 9.27. The minimum Gasteiger partial charge on any atom is -0.477 e. The highest BCUT2D eigenvalue weighted by Gasteiger charge is 2.11. The van der Waals surface area contributed by atoms with Crippen LogP contribution in [0.1, 0.15) is 26.5 Å². The summed E-state index contributed by atoms with van der Waals surface area (Å²) < 4.78 is 1.25. The largest absolute Gasteiger partial charge is 0.477 e. The summed E-state index contributed by atoms with van der Waals surface area (Å²) in [6.45, 7) is 2.00. The molecule has 110 valence electrons. The van der Waals surface area contributed by atoms with E-state index in [0.29, 0.717) is 10.7 Å². The van der Waals surface area contributed by atoms with Crippen molar-refractivity contribution in [1.82, 2.24) is 9.38 Å². The molecule has 0 aliphatic rings. The monoisotopic (exact) mass is 312 g/mol. The fraction of sp³-hybridized carbons (Fsp3) is 0.0625. The Kier molecular flexibility index (Phi) is 3.60. The lowest BCUT2D eigenvalue weighted by Gasteiger charge is -1.98. The zero-order valence-electron chi connectivity index (χ0n) is 11.7. The van der Waals surface area contributed by atoms with Gasteiger partial charge in [-0.2, -0.15) is 0 Å². The quantitative estimate of drug-likeness (QED) is 0.807. The van der Waals surface area contributed by atoms with E-state index in [0.717, 1.165) is 22.5 Å². The smallest absolute Gasteiger partial charge is 0.347 e. The van der Waals surface area contributed by atoms with E-state index >= 15 is 0 Å². The summed E-state index contributed by atoms with van der Waals surface area (Å²) in [5.41, 5.74) is 2.38. The average Bonchev–Trinajstić information content (AvgIpc) is 2.91. The summed E-state index contributed by atoms with van der Waals surface area (Å²) in [7, 11) is 0. The highest BCUT2D eigenvalue weighted by atomic mass is 32.1. The standard InChI is InChI=1S/C16H12N2O3S/c1-10-4-2-3-5-11(10)6-7-12-8-14(19)18-9-13(15(20)21)22-16(18)17-12/h2-9H,1H3,(H,20,21)/b7-6+. The molecule has 5 nitrogen and oxygen atoms in total. The molecule has 0 aliphatic carbocycles. The molecule has 0 saturated heterocycles. The number of fused-ring (bicyclic) bond motifs is 1. The molecule has 0 fully saturated rings. The minimum atomic E-state index is -1.06. The number of aromatic carboxylic acids is 1. The Morgan fingerprint density at radius 3 is 2.82 bits per heavy atom. The average molecular weight is 312 g/mol. The van der Waals surface area contributed by atoms with E-state index in [9.17, 15) is 9.59 Å². The number of hydrogen-bond donors (Lipinski definition) is 1. The third kappa shape index (κ3) is 2.68. The van der Waals surface area contributed by atoms with Crippen LogP contribution >= 0.6 is 11.3 Å². The molecule has 0 spiro atoms. The number of nitrogens with zero attached hydrogens (tertiary/aromatic N) is 2. The Labute approximate surface area is 129 Å². The SMILES string of the molecule is Cc1ccccc1/C=C/c1cc(=O)n2cc(C(=O)O)sc2n1. The van der Waals surface area contributed by atoms with E-state index in [1.54, 1.807) is 6.08 Å². The molecule has 0 unspecified atom stereocenters. The van der Waals surface area contributed by atoms with Gasteiger partial charge in [0.2, 0.25) is 0 Å². The van der Waals surface area contributed by atoms with Gasteiger partial charge in [0.25, 0.3) is 5.56 Å². The first-order valence-electron chi connectivity index (χ1n) is 6.55. The number of aromatic nitrogens is 2. The van der Waals surface area contributed by atoms with Gasteiger partial charge < -0.3 is 5.11 Å². The Bertz CT molecular complexity index is 953. The van der Waals surface area contributed by atoms with Crippen molar-refractivity contribution < 1.29 is 9.90 Å². The van der Waals surface area contributed by atoms with Crippen LogP contribution in [-0.2, 0) is 0 Å². The van der Waals surface area contributed by atoms with Gasteiger partial charge in [-0.3, -0.25) is 9.20 Å². The van der Waals surface area contributed by atoms with Crippen LogP contribution in [0.3, 0.4) is 0 Å². The molecule has 0 bridgehead atoms. The number of rotatable bonds is 3. The van der Waals surface area contributed by atoms with Crippen molar-refractivity contribution >= 4 is 34.4 Å². The molecular formula is C16H12N2O3S. The molecule has 1 N–H and O–H groups in total. The Balaban J connectivity index is 2.03. The minimum absolute atomic E-state index is 0.0876. The lowest BCUT2D eigenvalue weighted by molar-refractivity contribution is 0.0702. The summed E-state index contributed by atoms with van der Waals surface area (Å²) in [4.78, 5) is 27.8. The molecule has 0 aliphatic heterocycles. The molecule has 2 heterocycles. The lowest BCUT2D eigenvalue weighted by Crippen LogP contribution is -2.11. The number of carbonyl (C=O) groups is 1. The number of aryl methyl sites for hydroxylation is 1. The van der Waals surface area contributed by atoms with Crippen LogP contribution in [0.2, 0.25) is 0 Å². The van der Waals surface area contributed by atoms with Crippen molar-refractivity contribution in [3.05, 3.63) is 68.6 Å². The molecule has 2 aromatic heterocycles. The topological polar surface area (TPSA) is 71.7 Å². The first-order chi connectivity index (χ1) is 10.5. The third-order valence-corrected chi connectivity index (χ3v) is 4.19. The van der Waals surface area contributed by atoms with Crippen LogP contribution in [0.15, 0.2) is 41.3 Å². The number of hydrogen-bond acceptors (Lipinski definition) is 4. The van der Waals surface area contributed by atoms with Crippen molar-refractivity contribution in [1.29, 1.82) is 0 Å². The number of thiazole rings is 1. The maximum atomic E-state index is 12.0. The van der Waals surface area contributed by atoms with E-state index in [1.807, 2.05) is 37.3 Å². The van der Waals surface area contributed by atoms with Crippen molar-refractivity contribution in [3.63, 3.8) is 0 Å². The Morgan fingerprint density at radius 1 is 1.32 bits per heavy atom. The summed E-state index contributed by atoms with van der Waals surface area (Å²) in [6.07, 6.45) is 4.94. The van der Waals surface area contributed by atoms with E-state index in [1.165, 1.54) is 16.7 Å². The second kappa shape index (κ2) is 5.57. The zero-order chi connectivity index (χ0) is 15.7. The molecule has 3 rings (SSSR count). The molecule has 0 atom stereocenters. The first kappa shape index (κ1) is 14.2. The maximum absolute atomic E-state index is 12.0. The van der Waals surface area contributed by atoms with E-state index < -0.39 is 5.97 Å². The predicted molar refractivity (Wildman–Crippen MR) is 86.4 cm³/mol. The van der Waals surface area contributed by atoms with Gasteiger partial charge in [0.15, 0.2) is 4.96 Å². The van der Waals surface area contributed by atoms with E-state index in [4.69, 9.17) is 5.11 Å². The Hall–Kier alpha value is -2.73. The van der Waals surface area contributed by atoms with Crippen LogP contribution in [0.25, 0.3) is 17.1 Å². The van der Waals surface area contributed by atoms with Crippen molar-refractivity contribution in [3.8, 4) is 0 Å². The highest BCUT2D eigenvalue weighted by Crippen LogP contribution is 2.16. The van der Waals surface area contributed by atoms with Gasteiger partial charge in [-0.15, -0.1) is 0 Å². The highest BCUT2D eigenvalue weighted by molar-refractivity contribution is 7.18. The normalized spacial score (nSPS) is 11.3. The fourth-order valence-electron chi connectivity index (χ4n) is 2.05. The zero-order valence-corrected chi connectivity index (χ0v) is 12.5. The fourth-order valence-corrected chi connectivity index (χ4v) is 2.89. The lowest BCUT2D eigenvalue weighted by atomic mass is 10.1. The third-order valence-electron chi connectivity index (χ3n) is 3.22. The number of carboxylic acids is 1. The molecular weight excluding hydrogens is 300 g/mol. The van der Waals surface area contributed by atoms with Crippen molar-refractivity contribution in [2.75, 3.05) is 0 Å². The molecule has 6 heteroatoms. The maximum Gasteiger partial charge on any atom is 0.347 e. The predicted octanol–water partition coefficient (Wildman–Crippen LogP) is 2.93. The summed E-state index contributed by atoms with van der Waals surface area (Å²) in [5, 5.41) is 8.98. The molecule has 0 amide bonds. The van der Waals surface area contributed by atoms with Gasteiger partial charge in [0.1, 0.15) is 4.88 Å². The molecule has 0 radical (unpaired) electrons. The van der Waals surface area contributed by atoms with Crippen LogP contribution < -0.4 is 5.56 Å². The van der Waals surface area contributed by atoms with Gasteiger partial charge >= 0.3 is 5.97 Å². The van der Waals surface area contributed by atoms with Crippen LogP contribution in [-0.4, -0.2) is 20.5 Å².